The Kier molecular flexibility index (Phi) is 10.7. The van der Waals surface area contributed by atoms with Gasteiger partial charge in [0.05, 0.1) is 14.7 Å². The van der Waals surface area contributed by atoms with Crippen LogP contribution in [0.5, 0.6) is 0 Å². The summed E-state index contributed by atoms with van der Waals surface area (Å²) in [6, 6.07) is 27.2. The standard InChI is InChI=1S/C35H41N3O6S3/c1-28-9-15-33(16-10-28)45(39,40)36-21-5-23-37(46(41,42)34-17-11-29(2)12-18-34)26-31-7-4-8-32(25-31)27-38(24-6-22-36)47(43,44)35-19-13-30(3)14-20-35/h4,7-20,25H,5-6,21-24,26-27H2,1-3H3. The van der Waals surface area contributed by atoms with Gasteiger partial charge in [0.2, 0.25) is 30.1 Å². The van der Waals surface area contributed by atoms with E-state index >= 15 is 0 Å². The van der Waals surface area contributed by atoms with Crippen LogP contribution in [-0.2, 0) is 43.2 Å². The molecule has 1 aliphatic heterocycles. The van der Waals surface area contributed by atoms with Crippen LogP contribution in [0.3, 0.4) is 0 Å². The van der Waals surface area contributed by atoms with Crippen molar-refractivity contribution < 1.29 is 25.3 Å². The molecule has 0 radical (unpaired) electrons. The molecule has 0 aromatic heterocycles. The first-order chi connectivity index (χ1) is 22.3. The second-order valence-electron chi connectivity index (χ2n) is 12.0. The van der Waals surface area contributed by atoms with E-state index in [9.17, 15) is 25.3 Å². The molecule has 1 aliphatic rings. The van der Waals surface area contributed by atoms with Crippen LogP contribution in [0.25, 0.3) is 0 Å². The highest BCUT2D eigenvalue weighted by Gasteiger charge is 2.30. The van der Waals surface area contributed by atoms with E-state index in [0.29, 0.717) is 11.1 Å². The molecule has 0 aliphatic carbocycles. The highest BCUT2D eigenvalue weighted by atomic mass is 32.2. The lowest BCUT2D eigenvalue weighted by molar-refractivity contribution is 0.332. The van der Waals surface area contributed by atoms with E-state index in [1.807, 2.05) is 39.0 Å². The smallest absolute Gasteiger partial charge is 0.207 e. The Morgan fingerprint density at radius 3 is 1.06 bits per heavy atom. The third-order valence-electron chi connectivity index (χ3n) is 8.32. The first kappa shape index (κ1) is 34.9. The average molecular weight is 696 g/mol. The number of sulfonamides is 3. The topological polar surface area (TPSA) is 112 Å². The fraction of sp³-hybridized carbons (Fsp3) is 0.314. The van der Waals surface area contributed by atoms with Crippen LogP contribution < -0.4 is 0 Å². The van der Waals surface area contributed by atoms with Gasteiger partial charge in [-0.05, 0) is 81.1 Å². The van der Waals surface area contributed by atoms with Crippen molar-refractivity contribution >= 4 is 30.1 Å². The number of aryl methyl sites for hydroxylation is 3. The zero-order valence-electron chi connectivity index (χ0n) is 26.9. The third kappa shape index (κ3) is 8.19. The van der Waals surface area contributed by atoms with Gasteiger partial charge in [0.1, 0.15) is 0 Å². The number of hydrogen-bond acceptors (Lipinski definition) is 6. The maximum absolute atomic E-state index is 13.9. The van der Waals surface area contributed by atoms with E-state index in [1.54, 1.807) is 78.9 Å². The van der Waals surface area contributed by atoms with Gasteiger partial charge in [0, 0.05) is 39.3 Å². The Bertz CT molecular complexity index is 1910. The monoisotopic (exact) mass is 695 g/mol. The quantitative estimate of drug-likeness (QED) is 0.264. The minimum Gasteiger partial charge on any atom is -0.207 e. The molecule has 0 unspecified atom stereocenters. The fourth-order valence-corrected chi connectivity index (χ4v) is 10.0. The van der Waals surface area contributed by atoms with E-state index in [0.717, 1.165) is 16.7 Å². The molecule has 2 bridgehead atoms. The molecular formula is C35H41N3O6S3. The van der Waals surface area contributed by atoms with Gasteiger partial charge < -0.3 is 0 Å². The van der Waals surface area contributed by atoms with Crippen LogP contribution in [0.1, 0.15) is 40.7 Å². The molecule has 4 aromatic carbocycles. The van der Waals surface area contributed by atoms with Crippen LogP contribution in [0.15, 0.2) is 112 Å². The maximum Gasteiger partial charge on any atom is 0.243 e. The minimum atomic E-state index is -3.96. The van der Waals surface area contributed by atoms with Crippen molar-refractivity contribution in [3.05, 3.63) is 125 Å². The molecule has 0 atom stereocenters. The van der Waals surface area contributed by atoms with Crippen molar-refractivity contribution in [2.45, 2.75) is 61.4 Å². The lowest BCUT2D eigenvalue weighted by Crippen LogP contribution is -2.39. The first-order valence-corrected chi connectivity index (χ1v) is 19.9. The Labute approximate surface area is 279 Å². The van der Waals surface area contributed by atoms with Gasteiger partial charge in [-0.1, -0.05) is 77.4 Å². The fourth-order valence-electron chi connectivity index (χ4n) is 5.58. The van der Waals surface area contributed by atoms with Crippen LogP contribution in [0.4, 0.5) is 0 Å². The zero-order valence-corrected chi connectivity index (χ0v) is 29.4. The zero-order chi connectivity index (χ0) is 33.8. The molecule has 250 valence electrons. The molecule has 47 heavy (non-hydrogen) atoms. The molecule has 4 aromatic rings. The van der Waals surface area contributed by atoms with E-state index in [1.165, 1.54) is 12.9 Å². The summed E-state index contributed by atoms with van der Waals surface area (Å²) in [6.45, 7) is 6.02. The van der Waals surface area contributed by atoms with Crippen molar-refractivity contribution in [2.75, 3.05) is 26.2 Å². The largest absolute Gasteiger partial charge is 0.243 e. The summed E-state index contributed by atoms with van der Waals surface area (Å²) in [5, 5.41) is 0. The van der Waals surface area contributed by atoms with E-state index in [-0.39, 0.29) is 66.8 Å². The first-order valence-electron chi connectivity index (χ1n) is 15.6. The van der Waals surface area contributed by atoms with E-state index in [2.05, 4.69) is 0 Å². The molecule has 0 spiro atoms. The lowest BCUT2D eigenvalue weighted by atomic mass is 10.1. The van der Waals surface area contributed by atoms with E-state index < -0.39 is 30.1 Å². The highest BCUT2D eigenvalue weighted by Crippen LogP contribution is 2.25. The number of benzene rings is 4. The normalized spacial score (nSPS) is 16.8. The summed E-state index contributed by atoms with van der Waals surface area (Å²) in [4.78, 5) is 0.437. The molecule has 0 saturated heterocycles. The van der Waals surface area contributed by atoms with Crippen LogP contribution >= 0.6 is 0 Å². The second kappa shape index (κ2) is 14.4. The number of nitrogens with zero attached hydrogens (tertiary/aromatic N) is 3. The predicted molar refractivity (Wildman–Crippen MR) is 183 cm³/mol. The van der Waals surface area contributed by atoms with Gasteiger partial charge >= 0.3 is 0 Å². The average Bonchev–Trinajstić information content (AvgIpc) is 3.03. The molecule has 0 fully saturated rings. The summed E-state index contributed by atoms with van der Waals surface area (Å²) in [5.74, 6) is 0. The molecule has 1 heterocycles. The lowest BCUT2D eigenvalue weighted by Gasteiger charge is -2.28. The van der Waals surface area contributed by atoms with Crippen molar-refractivity contribution in [1.82, 2.24) is 12.9 Å². The summed E-state index contributed by atoms with van der Waals surface area (Å²) in [6.07, 6.45) is 0.475. The van der Waals surface area contributed by atoms with E-state index in [4.69, 9.17) is 0 Å². The third-order valence-corrected chi connectivity index (χ3v) is 13.9. The molecule has 5 rings (SSSR count). The molecule has 0 N–H and O–H groups in total. The maximum atomic E-state index is 13.9. The molecule has 12 heteroatoms. The Hall–Kier alpha value is -3.39. The predicted octanol–water partition coefficient (Wildman–Crippen LogP) is 5.48. The van der Waals surface area contributed by atoms with Crippen molar-refractivity contribution in [2.24, 2.45) is 0 Å². The Morgan fingerprint density at radius 2 is 0.723 bits per heavy atom. The number of fused-ring (bicyclic) bond motifs is 2. The van der Waals surface area contributed by atoms with Gasteiger partial charge in [-0.3, -0.25) is 0 Å². The molecule has 0 amide bonds. The van der Waals surface area contributed by atoms with Crippen molar-refractivity contribution in [3.63, 3.8) is 0 Å². The molecular weight excluding hydrogens is 655 g/mol. The molecule has 9 nitrogen and oxygen atoms in total. The van der Waals surface area contributed by atoms with Crippen LogP contribution in [-0.4, -0.2) is 64.3 Å². The SMILES string of the molecule is Cc1ccc(S(=O)(=O)N2CCCN(S(=O)(=O)c3ccc(C)cc3)Cc3cccc(c3)CN(S(=O)(=O)c3ccc(C)cc3)CCC2)cc1. The second-order valence-corrected chi connectivity index (χ2v) is 17.9. The number of rotatable bonds is 6. The molecule has 0 saturated carbocycles. The number of hydrogen-bond donors (Lipinski definition) is 0. The Balaban J connectivity index is 1.55. The van der Waals surface area contributed by atoms with Gasteiger partial charge in [-0.15, -0.1) is 0 Å². The van der Waals surface area contributed by atoms with Crippen molar-refractivity contribution in [1.29, 1.82) is 0 Å². The Morgan fingerprint density at radius 1 is 0.426 bits per heavy atom. The highest BCUT2D eigenvalue weighted by molar-refractivity contribution is 7.89. The summed E-state index contributed by atoms with van der Waals surface area (Å²) in [7, 11) is -11.8. The van der Waals surface area contributed by atoms with Gasteiger partial charge in [0.25, 0.3) is 0 Å². The summed E-state index contributed by atoms with van der Waals surface area (Å²) < 4.78 is 87.6. The van der Waals surface area contributed by atoms with Crippen LogP contribution in [0, 0.1) is 20.8 Å². The summed E-state index contributed by atoms with van der Waals surface area (Å²) >= 11 is 0. The minimum absolute atomic E-state index is 0.0411. The summed E-state index contributed by atoms with van der Waals surface area (Å²) in [5.41, 5.74) is 4.18. The van der Waals surface area contributed by atoms with Gasteiger partial charge in [-0.25, -0.2) is 25.3 Å². The van der Waals surface area contributed by atoms with Crippen molar-refractivity contribution in [3.8, 4) is 0 Å². The van der Waals surface area contributed by atoms with Gasteiger partial charge in [-0.2, -0.15) is 12.9 Å². The van der Waals surface area contributed by atoms with Gasteiger partial charge in [0.15, 0.2) is 0 Å². The van der Waals surface area contributed by atoms with Crippen LogP contribution in [0.2, 0.25) is 0 Å².